The molecule has 4 rings (SSSR count). The van der Waals surface area contributed by atoms with Crippen molar-refractivity contribution in [2.45, 2.75) is 20.8 Å². The SMILES string of the molecule is Cc1cc(C)c2c(n1)nn1c(Nc3ccc(Cl)c(Cl)c3)cc(C)nc21. The van der Waals surface area contributed by atoms with Crippen LogP contribution in [0.25, 0.3) is 16.7 Å². The number of pyridine rings is 1. The van der Waals surface area contributed by atoms with Gasteiger partial charge in [0.05, 0.1) is 15.4 Å². The average Bonchev–Trinajstić information content (AvgIpc) is 2.89. The van der Waals surface area contributed by atoms with Crippen LogP contribution >= 0.6 is 23.2 Å². The molecule has 0 aliphatic carbocycles. The molecule has 0 aliphatic rings. The average molecular weight is 372 g/mol. The normalized spacial score (nSPS) is 11.4. The van der Waals surface area contributed by atoms with E-state index in [0.29, 0.717) is 15.7 Å². The molecule has 7 heteroatoms. The van der Waals surface area contributed by atoms with Crippen LogP contribution in [-0.4, -0.2) is 19.6 Å². The Morgan fingerprint density at radius 3 is 2.44 bits per heavy atom. The Bertz CT molecular complexity index is 1130. The first-order chi connectivity index (χ1) is 11.9. The summed E-state index contributed by atoms with van der Waals surface area (Å²) in [6.07, 6.45) is 0. The molecular weight excluding hydrogens is 357 g/mol. The first-order valence-electron chi connectivity index (χ1n) is 7.79. The second-order valence-corrected chi connectivity index (χ2v) is 6.87. The summed E-state index contributed by atoms with van der Waals surface area (Å²) in [5.41, 5.74) is 5.22. The minimum atomic E-state index is 0.493. The molecule has 5 nitrogen and oxygen atoms in total. The summed E-state index contributed by atoms with van der Waals surface area (Å²) < 4.78 is 1.78. The van der Waals surface area contributed by atoms with Gasteiger partial charge >= 0.3 is 0 Å². The monoisotopic (exact) mass is 371 g/mol. The number of fused-ring (bicyclic) bond motifs is 3. The maximum Gasteiger partial charge on any atom is 0.184 e. The highest BCUT2D eigenvalue weighted by molar-refractivity contribution is 6.42. The molecule has 25 heavy (non-hydrogen) atoms. The zero-order valence-corrected chi connectivity index (χ0v) is 15.4. The van der Waals surface area contributed by atoms with Gasteiger partial charge < -0.3 is 5.32 Å². The lowest BCUT2D eigenvalue weighted by molar-refractivity contribution is 0.944. The molecule has 1 N–H and O–H groups in total. The molecule has 3 heterocycles. The van der Waals surface area contributed by atoms with Crippen LogP contribution in [0.4, 0.5) is 11.5 Å². The van der Waals surface area contributed by atoms with Crippen LogP contribution in [0.15, 0.2) is 30.3 Å². The van der Waals surface area contributed by atoms with Gasteiger partial charge in [-0.25, -0.2) is 9.97 Å². The molecule has 3 aromatic heterocycles. The molecule has 0 saturated heterocycles. The number of halogens is 2. The minimum absolute atomic E-state index is 0.493. The molecule has 0 unspecified atom stereocenters. The van der Waals surface area contributed by atoms with Crippen LogP contribution in [0.3, 0.4) is 0 Å². The van der Waals surface area contributed by atoms with Crippen molar-refractivity contribution in [1.82, 2.24) is 19.6 Å². The van der Waals surface area contributed by atoms with Crippen LogP contribution in [-0.2, 0) is 0 Å². The second-order valence-electron chi connectivity index (χ2n) is 6.05. The molecule has 0 aliphatic heterocycles. The van der Waals surface area contributed by atoms with Gasteiger partial charge in [0.2, 0.25) is 0 Å². The number of rotatable bonds is 2. The number of nitrogens with one attached hydrogen (secondary N) is 1. The van der Waals surface area contributed by atoms with Crippen LogP contribution in [0, 0.1) is 20.8 Å². The fourth-order valence-corrected chi connectivity index (χ4v) is 3.25. The first-order valence-corrected chi connectivity index (χ1v) is 8.54. The van der Waals surface area contributed by atoms with Crippen molar-refractivity contribution in [3.63, 3.8) is 0 Å². The van der Waals surface area contributed by atoms with Crippen molar-refractivity contribution in [3.05, 3.63) is 57.3 Å². The molecule has 4 aromatic rings. The van der Waals surface area contributed by atoms with Crippen molar-refractivity contribution in [2.75, 3.05) is 5.32 Å². The molecule has 0 amide bonds. The molecule has 0 saturated carbocycles. The summed E-state index contributed by atoms with van der Waals surface area (Å²) >= 11 is 12.1. The Balaban J connectivity index is 1.94. The standard InChI is InChI=1S/C18H15Cl2N5/c1-9-6-10(2)21-17-16(9)18-22-11(3)7-15(25(18)24-17)23-12-4-5-13(19)14(20)8-12/h4-8,23H,1-3H3. The molecule has 126 valence electrons. The highest BCUT2D eigenvalue weighted by atomic mass is 35.5. The van der Waals surface area contributed by atoms with Gasteiger partial charge in [-0.1, -0.05) is 23.2 Å². The number of aromatic nitrogens is 4. The van der Waals surface area contributed by atoms with Gasteiger partial charge in [-0.3, -0.25) is 0 Å². The van der Waals surface area contributed by atoms with Crippen LogP contribution in [0.2, 0.25) is 10.0 Å². The highest BCUT2D eigenvalue weighted by Gasteiger charge is 2.14. The largest absolute Gasteiger partial charge is 0.340 e. The van der Waals surface area contributed by atoms with Gasteiger partial charge in [-0.05, 0) is 50.6 Å². The van der Waals surface area contributed by atoms with E-state index in [9.17, 15) is 0 Å². The predicted octanol–water partition coefficient (Wildman–Crippen LogP) is 5.25. The van der Waals surface area contributed by atoms with Gasteiger partial charge in [0.15, 0.2) is 11.3 Å². The Labute approximate surface area is 154 Å². The zero-order valence-electron chi connectivity index (χ0n) is 13.9. The van der Waals surface area contributed by atoms with E-state index in [1.807, 2.05) is 32.0 Å². The minimum Gasteiger partial charge on any atom is -0.340 e. The first kappa shape index (κ1) is 16.1. The van der Waals surface area contributed by atoms with Crippen molar-refractivity contribution in [2.24, 2.45) is 0 Å². The van der Waals surface area contributed by atoms with Crippen molar-refractivity contribution < 1.29 is 0 Å². The van der Waals surface area contributed by atoms with Gasteiger partial charge in [0, 0.05) is 23.1 Å². The number of hydrogen-bond donors (Lipinski definition) is 1. The molecule has 1 aromatic carbocycles. The third-order valence-electron chi connectivity index (χ3n) is 3.99. The third-order valence-corrected chi connectivity index (χ3v) is 4.73. The summed E-state index contributed by atoms with van der Waals surface area (Å²) in [6, 6.07) is 9.38. The maximum atomic E-state index is 6.12. The van der Waals surface area contributed by atoms with Crippen molar-refractivity contribution >= 4 is 51.4 Å². The van der Waals surface area contributed by atoms with Crippen molar-refractivity contribution in [3.8, 4) is 0 Å². The summed E-state index contributed by atoms with van der Waals surface area (Å²) in [7, 11) is 0. The van der Waals surface area contributed by atoms with Gasteiger partial charge in [-0.15, -0.1) is 5.10 Å². The second kappa shape index (κ2) is 5.86. The summed E-state index contributed by atoms with van der Waals surface area (Å²) in [5.74, 6) is 0.788. The number of anilines is 2. The van der Waals surface area contributed by atoms with Gasteiger partial charge in [0.1, 0.15) is 5.82 Å². The molecule has 0 bridgehead atoms. The fourth-order valence-electron chi connectivity index (χ4n) is 2.95. The Morgan fingerprint density at radius 2 is 1.68 bits per heavy atom. The van der Waals surface area contributed by atoms with Gasteiger partial charge in [0.25, 0.3) is 0 Å². The van der Waals surface area contributed by atoms with Crippen LogP contribution < -0.4 is 5.32 Å². The lowest BCUT2D eigenvalue weighted by atomic mass is 10.2. The summed E-state index contributed by atoms with van der Waals surface area (Å²) in [6.45, 7) is 5.97. The summed E-state index contributed by atoms with van der Waals surface area (Å²) in [5, 5.41) is 9.95. The number of hydrogen-bond acceptors (Lipinski definition) is 4. The van der Waals surface area contributed by atoms with E-state index in [1.165, 1.54) is 0 Å². The van der Waals surface area contributed by atoms with Crippen molar-refractivity contribution in [1.29, 1.82) is 0 Å². The lowest BCUT2D eigenvalue weighted by Gasteiger charge is -2.10. The third kappa shape index (κ3) is 2.79. The van der Waals surface area contributed by atoms with Crippen LogP contribution in [0.5, 0.6) is 0 Å². The van der Waals surface area contributed by atoms with E-state index in [-0.39, 0.29) is 0 Å². The highest BCUT2D eigenvalue weighted by Crippen LogP contribution is 2.29. The number of aryl methyl sites for hydroxylation is 3. The van der Waals surface area contributed by atoms with E-state index in [4.69, 9.17) is 23.2 Å². The lowest BCUT2D eigenvalue weighted by Crippen LogP contribution is -2.02. The zero-order chi connectivity index (χ0) is 17.7. The van der Waals surface area contributed by atoms with E-state index in [2.05, 4.69) is 27.3 Å². The van der Waals surface area contributed by atoms with E-state index in [0.717, 1.165) is 39.5 Å². The maximum absolute atomic E-state index is 6.12. The summed E-state index contributed by atoms with van der Waals surface area (Å²) in [4.78, 5) is 9.20. The quantitative estimate of drug-likeness (QED) is 0.522. The number of nitrogens with zero attached hydrogens (tertiary/aromatic N) is 4. The Kier molecular flexibility index (Phi) is 3.78. The topological polar surface area (TPSA) is 55.1 Å². The Hall–Kier alpha value is -2.37. The molecule has 0 spiro atoms. The van der Waals surface area contributed by atoms with E-state index >= 15 is 0 Å². The fraction of sp³-hybridized carbons (Fsp3) is 0.167. The van der Waals surface area contributed by atoms with Crippen LogP contribution in [0.1, 0.15) is 17.0 Å². The smallest absolute Gasteiger partial charge is 0.184 e. The van der Waals surface area contributed by atoms with E-state index < -0.39 is 0 Å². The molecular formula is C18H15Cl2N5. The molecule has 0 atom stereocenters. The molecule has 0 fully saturated rings. The number of benzene rings is 1. The molecule has 0 radical (unpaired) electrons. The predicted molar refractivity (Wildman–Crippen MR) is 102 cm³/mol. The van der Waals surface area contributed by atoms with Gasteiger partial charge in [-0.2, -0.15) is 4.52 Å². The Morgan fingerprint density at radius 1 is 0.920 bits per heavy atom. The van der Waals surface area contributed by atoms with E-state index in [1.54, 1.807) is 16.6 Å².